The highest BCUT2D eigenvalue weighted by molar-refractivity contribution is 7.88. The summed E-state index contributed by atoms with van der Waals surface area (Å²) in [6, 6.07) is 6.92. The summed E-state index contributed by atoms with van der Waals surface area (Å²) in [7, 11) is -1.80. The third-order valence-electron chi connectivity index (χ3n) is 2.04. The van der Waals surface area contributed by atoms with Crippen molar-refractivity contribution >= 4 is 10.0 Å². The zero-order chi connectivity index (χ0) is 12.2. The Morgan fingerprint density at radius 2 is 2.06 bits per heavy atom. The third-order valence-corrected chi connectivity index (χ3v) is 2.73. The molecule has 0 saturated carbocycles. The van der Waals surface area contributed by atoms with Crippen LogP contribution in [0.25, 0.3) is 0 Å². The molecule has 1 rings (SSSR count). The molecule has 6 heteroatoms. The number of sulfonamides is 1. The van der Waals surface area contributed by atoms with Crippen molar-refractivity contribution in [3.05, 3.63) is 29.8 Å². The molecule has 0 aliphatic rings. The van der Waals surface area contributed by atoms with Gasteiger partial charge in [0.05, 0.1) is 19.5 Å². The maximum atomic E-state index is 10.9. The Balaban J connectivity index is 2.76. The smallest absolute Gasteiger partial charge is 0.208 e. The fraction of sp³-hybridized carbons (Fsp3) is 0.400. The summed E-state index contributed by atoms with van der Waals surface area (Å²) in [5.74, 6) is 0.533. The first-order chi connectivity index (χ1) is 7.44. The van der Waals surface area contributed by atoms with Crippen LogP contribution in [-0.2, 0) is 10.0 Å². The summed E-state index contributed by atoms with van der Waals surface area (Å²) >= 11 is 0. The molecule has 5 nitrogen and oxygen atoms in total. The maximum Gasteiger partial charge on any atom is 0.208 e. The Kier molecular flexibility index (Phi) is 4.28. The highest BCUT2D eigenvalue weighted by atomic mass is 32.2. The Labute approximate surface area is 95.1 Å². The van der Waals surface area contributed by atoms with Crippen molar-refractivity contribution in [2.45, 2.75) is 6.10 Å². The van der Waals surface area contributed by atoms with E-state index in [-0.39, 0.29) is 6.54 Å². The minimum absolute atomic E-state index is 0.0702. The quantitative estimate of drug-likeness (QED) is 0.781. The van der Waals surface area contributed by atoms with Crippen molar-refractivity contribution in [3.63, 3.8) is 0 Å². The molecule has 1 aromatic rings. The topological polar surface area (TPSA) is 75.6 Å². The van der Waals surface area contributed by atoms with Crippen molar-refractivity contribution < 1.29 is 18.3 Å². The molecule has 1 aromatic carbocycles. The molecule has 90 valence electrons. The van der Waals surface area contributed by atoms with Gasteiger partial charge in [-0.15, -0.1) is 0 Å². The lowest BCUT2D eigenvalue weighted by Crippen LogP contribution is -2.27. The molecule has 16 heavy (non-hydrogen) atoms. The molecule has 0 saturated heterocycles. The van der Waals surface area contributed by atoms with E-state index in [1.54, 1.807) is 24.3 Å². The minimum atomic E-state index is -3.30. The Morgan fingerprint density at radius 3 is 2.62 bits per heavy atom. The lowest BCUT2D eigenvalue weighted by molar-refractivity contribution is 0.177. The summed E-state index contributed by atoms with van der Waals surface area (Å²) in [4.78, 5) is 0. The average Bonchev–Trinajstić information content (AvgIpc) is 2.25. The van der Waals surface area contributed by atoms with Crippen LogP contribution in [0.1, 0.15) is 11.7 Å². The largest absolute Gasteiger partial charge is 0.496 e. The van der Waals surface area contributed by atoms with Gasteiger partial charge in [0.2, 0.25) is 10.0 Å². The van der Waals surface area contributed by atoms with Crippen LogP contribution in [0.5, 0.6) is 5.75 Å². The second-order valence-corrected chi connectivity index (χ2v) is 5.21. The number of aliphatic hydroxyl groups is 1. The van der Waals surface area contributed by atoms with E-state index in [2.05, 4.69) is 4.72 Å². The number of methoxy groups -OCH3 is 1. The Hall–Kier alpha value is -1.11. The number of para-hydroxylation sites is 1. The van der Waals surface area contributed by atoms with E-state index in [9.17, 15) is 13.5 Å². The second-order valence-electron chi connectivity index (χ2n) is 3.38. The van der Waals surface area contributed by atoms with Gasteiger partial charge in [0.1, 0.15) is 5.75 Å². The van der Waals surface area contributed by atoms with Gasteiger partial charge < -0.3 is 9.84 Å². The SMILES string of the molecule is COc1ccccc1C(O)CNS(C)(=O)=O. The Bertz CT molecular complexity index is 444. The fourth-order valence-electron chi connectivity index (χ4n) is 1.28. The predicted molar refractivity (Wildman–Crippen MR) is 60.8 cm³/mol. The lowest BCUT2D eigenvalue weighted by Gasteiger charge is -2.14. The zero-order valence-corrected chi connectivity index (χ0v) is 9.99. The third kappa shape index (κ3) is 3.80. The number of nitrogens with one attached hydrogen (secondary N) is 1. The molecule has 0 aromatic heterocycles. The van der Waals surface area contributed by atoms with E-state index < -0.39 is 16.1 Å². The molecule has 2 N–H and O–H groups in total. The van der Waals surface area contributed by atoms with Crippen LogP contribution < -0.4 is 9.46 Å². The standard InChI is InChI=1S/C10H15NO4S/c1-15-10-6-4-3-5-8(10)9(12)7-11-16(2,13)14/h3-6,9,11-12H,7H2,1-2H3. The van der Waals surface area contributed by atoms with Crippen LogP contribution in [0.3, 0.4) is 0 Å². The Morgan fingerprint density at radius 1 is 1.44 bits per heavy atom. The summed E-state index contributed by atoms with van der Waals surface area (Å²) in [5.41, 5.74) is 0.557. The van der Waals surface area contributed by atoms with Gasteiger partial charge in [0.25, 0.3) is 0 Å². The molecule has 1 unspecified atom stereocenters. The molecular formula is C10H15NO4S. The molecular weight excluding hydrogens is 230 g/mol. The van der Waals surface area contributed by atoms with E-state index in [1.165, 1.54) is 7.11 Å². The first-order valence-corrected chi connectivity index (χ1v) is 6.59. The van der Waals surface area contributed by atoms with Gasteiger partial charge in [-0.3, -0.25) is 0 Å². The van der Waals surface area contributed by atoms with E-state index in [1.807, 2.05) is 0 Å². The number of hydrogen-bond acceptors (Lipinski definition) is 4. The van der Waals surface area contributed by atoms with Gasteiger partial charge in [-0.05, 0) is 6.07 Å². The fourth-order valence-corrected chi connectivity index (χ4v) is 1.74. The maximum absolute atomic E-state index is 10.9. The van der Waals surface area contributed by atoms with Crippen LogP contribution in [-0.4, -0.2) is 33.4 Å². The number of hydrogen-bond donors (Lipinski definition) is 2. The zero-order valence-electron chi connectivity index (χ0n) is 9.17. The first-order valence-electron chi connectivity index (χ1n) is 4.69. The lowest BCUT2D eigenvalue weighted by atomic mass is 10.1. The van der Waals surface area contributed by atoms with E-state index in [0.29, 0.717) is 11.3 Å². The van der Waals surface area contributed by atoms with E-state index in [4.69, 9.17) is 4.74 Å². The molecule has 1 atom stereocenters. The monoisotopic (exact) mass is 245 g/mol. The van der Waals surface area contributed by atoms with Crippen LogP contribution in [0, 0.1) is 0 Å². The molecule has 0 spiro atoms. The molecule has 0 heterocycles. The summed E-state index contributed by atoms with van der Waals surface area (Å²) in [6.45, 7) is -0.0702. The van der Waals surface area contributed by atoms with Gasteiger partial charge in [-0.1, -0.05) is 18.2 Å². The normalized spacial score (nSPS) is 13.4. The van der Waals surface area contributed by atoms with Gasteiger partial charge in [0, 0.05) is 12.1 Å². The molecule has 0 aliphatic carbocycles. The first kappa shape index (κ1) is 13.0. The molecule has 0 fully saturated rings. The molecule has 0 aliphatic heterocycles. The van der Waals surface area contributed by atoms with Crippen molar-refractivity contribution in [1.29, 1.82) is 0 Å². The highest BCUT2D eigenvalue weighted by Gasteiger charge is 2.14. The molecule has 0 bridgehead atoms. The number of rotatable bonds is 5. The van der Waals surface area contributed by atoms with Crippen molar-refractivity contribution in [1.82, 2.24) is 4.72 Å². The number of ether oxygens (including phenoxy) is 1. The second kappa shape index (κ2) is 5.29. The van der Waals surface area contributed by atoms with Crippen molar-refractivity contribution in [2.24, 2.45) is 0 Å². The molecule has 0 radical (unpaired) electrons. The van der Waals surface area contributed by atoms with Crippen LogP contribution in [0.4, 0.5) is 0 Å². The number of aliphatic hydroxyl groups excluding tert-OH is 1. The highest BCUT2D eigenvalue weighted by Crippen LogP contribution is 2.23. The molecule has 0 amide bonds. The van der Waals surface area contributed by atoms with Crippen molar-refractivity contribution in [2.75, 3.05) is 19.9 Å². The van der Waals surface area contributed by atoms with Gasteiger partial charge in [-0.2, -0.15) is 0 Å². The predicted octanol–water partition coefficient (Wildman–Crippen LogP) is 0.278. The number of benzene rings is 1. The summed E-state index contributed by atoms with van der Waals surface area (Å²) in [5, 5.41) is 9.79. The summed E-state index contributed by atoms with van der Waals surface area (Å²) in [6.07, 6.45) is 0.118. The van der Waals surface area contributed by atoms with Gasteiger partial charge in [-0.25, -0.2) is 13.1 Å². The van der Waals surface area contributed by atoms with E-state index in [0.717, 1.165) is 6.26 Å². The van der Waals surface area contributed by atoms with Crippen LogP contribution >= 0.6 is 0 Å². The van der Waals surface area contributed by atoms with Crippen molar-refractivity contribution in [3.8, 4) is 5.75 Å². The van der Waals surface area contributed by atoms with Crippen LogP contribution in [0.15, 0.2) is 24.3 Å². The van der Waals surface area contributed by atoms with Crippen LogP contribution in [0.2, 0.25) is 0 Å². The average molecular weight is 245 g/mol. The minimum Gasteiger partial charge on any atom is -0.496 e. The van der Waals surface area contributed by atoms with E-state index >= 15 is 0 Å². The summed E-state index contributed by atoms with van der Waals surface area (Å²) < 4.78 is 29.0. The van der Waals surface area contributed by atoms with Gasteiger partial charge in [0.15, 0.2) is 0 Å². The van der Waals surface area contributed by atoms with Gasteiger partial charge >= 0.3 is 0 Å².